The van der Waals surface area contributed by atoms with Gasteiger partial charge in [0.15, 0.2) is 5.71 Å². The second-order valence-electron chi connectivity index (χ2n) is 20.5. The average Bonchev–Trinajstić information content (AvgIpc) is 3.61. The van der Waals surface area contributed by atoms with Gasteiger partial charge in [-0.3, -0.25) is 0 Å². The Balaban J connectivity index is 1.21. The number of anilines is 1. The van der Waals surface area contributed by atoms with Crippen molar-refractivity contribution in [1.29, 1.82) is 0 Å². The molecular weight excluding hydrogens is 737 g/mol. The van der Waals surface area contributed by atoms with Gasteiger partial charge in [-0.2, -0.15) is 4.58 Å². The molecule has 0 fully saturated rings. The van der Waals surface area contributed by atoms with E-state index in [1.54, 1.807) is 0 Å². The Morgan fingerprint density at radius 1 is 0.443 bits per heavy atom. The summed E-state index contributed by atoms with van der Waals surface area (Å²) in [7, 11) is 0. The van der Waals surface area contributed by atoms with Gasteiger partial charge in [-0.1, -0.05) is 256 Å². The number of hydrogen-bond donors (Lipinski definition) is 0. The van der Waals surface area contributed by atoms with Gasteiger partial charge in [-0.15, -0.1) is 0 Å². The van der Waals surface area contributed by atoms with Gasteiger partial charge in [0, 0.05) is 47.5 Å². The zero-order valence-electron chi connectivity index (χ0n) is 41.3. The standard InChI is InChI=1S/C59H97N2/c1-7-9-11-13-15-17-19-21-22-23-24-25-26-27-28-30-32-34-36-42-51-61-55-47-40-38-45-53(55)59(5,6)57(61)49-43-48-56-58(3,4)52-44-37-39-46-54(52)60(56)50-41-35-33-31-29-20-18-16-14-12-10-8-2/h37-40,43-49H,7-36,41-42,50-51H2,1-6H3/q+1. The molecule has 0 spiro atoms. The van der Waals surface area contributed by atoms with Crippen molar-refractivity contribution in [2.45, 2.75) is 258 Å². The highest BCUT2D eigenvalue weighted by atomic mass is 15.2. The third-order valence-corrected chi connectivity index (χ3v) is 14.6. The van der Waals surface area contributed by atoms with Gasteiger partial charge in [0.25, 0.3) is 0 Å². The minimum Gasteiger partial charge on any atom is -0.344 e. The topological polar surface area (TPSA) is 6.25 Å². The Morgan fingerprint density at radius 2 is 0.836 bits per heavy atom. The van der Waals surface area contributed by atoms with Gasteiger partial charge in [-0.25, -0.2) is 0 Å². The zero-order chi connectivity index (χ0) is 43.4. The number of unbranched alkanes of at least 4 members (excludes halogenated alkanes) is 30. The van der Waals surface area contributed by atoms with E-state index in [4.69, 9.17) is 0 Å². The highest BCUT2D eigenvalue weighted by molar-refractivity contribution is 6.03. The number of hydrogen-bond acceptors (Lipinski definition) is 1. The highest BCUT2D eigenvalue weighted by Gasteiger charge is 2.44. The van der Waals surface area contributed by atoms with Crippen molar-refractivity contribution in [3.63, 3.8) is 0 Å². The van der Waals surface area contributed by atoms with Gasteiger partial charge in [0.05, 0.1) is 5.41 Å². The normalized spacial score (nSPS) is 16.1. The van der Waals surface area contributed by atoms with E-state index in [0.717, 1.165) is 13.1 Å². The molecule has 0 unspecified atom stereocenters. The van der Waals surface area contributed by atoms with Crippen LogP contribution in [0.1, 0.15) is 258 Å². The van der Waals surface area contributed by atoms with Crippen molar-refractivity contribution in [1.82, 2.24) is 0 Å². The van der Waals surface area contributed by atoms with Crippen LogP contribution in [0.15, 0.2) is 72.5 Å². The summed E-state index contributed by atoms with van der Waals surface area (Å²) in [6.45, 7) is 16.6. The van der Waals surface area contributed by atoms with E-state index < -0.39 is 0 Å². The van der Waals surface area contributed by atoms with Crippen LogP contribution in [0.4, 0.5) is 11.4 Å². The van der Waals surface area contributed by atoms with Crippen LogP contribution in [0, 0.1) is 0 Å². The number of benzene rings is 2. The van der Waals surface area contributed by atoms with Crippen LogP contribution in [0.2, 0.25) is 0 Å². The van der Waals surface area contributed by atoms with E-state index in [0.29, 0.717) is 0 Å². The molecule has 2 nitrogen and oxygen atoms in total. The molecule has 0 saturated carbocycles. The first-order valence-corrected chi connectivity index (χ1v) is 26.8. The van der Waals surface area contributed by atoms with Crippen molar-refractivity contribution in [2.24, 2.45) is 0 Å². The summed E-state index contributed by atoms with van der Waals surface area (Å²) in [6, 6.07) is 18.4. The van der Waals surface area contributed by atoms with E-state index in [9.17, 15) is 0 Å². The Morgan fingerprint density at radius 3 is 1.31 bits per heavy atom. The summed E-state index contributed by atoms with van der Waals surface area (Å²) >= 11 is 0. The molecule has 342 valence electrons. The van der Waals surface area contributed by atoms with Crippen molar-refractivity contribution >= 4 is 17.1 Å². The van der Waals surface area contributed by atoms with Crippen molar-refractivity contribution in [2.75, 3.05) is 18.0 Å². The summed E-state index contributed by atoms with van der Waals surface area (Å²) < 4.78 is 2.66. The third kappa shape index (κ3) is 17.1. The smallest absolute Gasteiger partial charge is 0.209 e. The zero-order valence-corrected chi connectivity index (χ0v) is 41.3. The number of nitrogens with zero attached hydrogens (tertiary/aromatic N) is 2. The molecule has 0 bridgehead atoms. The molecule has 2 aromatic rings. The maximum Gasteiger partial charge on any atom is 0.209 e. The highest BCUT2D eigenvalue weighted by Crippen LogP contribution is 2.48. The molecule has 0 aliphatic carbocycles. The lowest BCUT2D eigenvalue weighted by molar-refractivity contribution is -0.438. The van der Waals surface area contributed by atoms with Gasteiger partial charge >= 0.3 is 0 Å². The van der Waals surface area contributed by atoms with E-state index in [1.807, 2.05) is 0 Å². The maximum atomic E-state index is 2.66. The molecule has 0 amide bonds. The fraction of sp³-hybridized carbons (Fsp3) is 0.712. The molecule has 61 heavy (non-hydrogen) atoms. The molecule has 2 heteroatoms. The lowest BCUT2D eigenvalue weighted by Gasteiger charge is -2.27. The van der Waals surface area contributed by atoms with Gasteiger partial charge < -0.3 is 4.90 Å². The minimum atomic E-state index is -0.0119. The molecule has 0 atom stereocenters. The largest absolute Gasteiger partial charge is 0.344 e. The third-order valence-electron chi connectivity index (χ3n) is 14.6. The summed E-state index contributed by atoms with van der Waals surface area (Å²) in [5.74, 6) is 0. The fourth-order valence-corrected chi connectivity index (χ4v) is 10.6. The predicted octanol–water partition coefficient (Wildman–Crippen LogP) is 18.8. The number of para-hydroxylation sites is 2. The minimum absolute atomic E-state index is 0.0109. The van der Waals surface area contributed by atoms with Crippen molar-refractivity contribution in [3.05, 3.63) is 83.6 Å². The lowest BCUT2D eigenvalue weighted by Crippen LogP contribution is -2.28. The number of rotatable bonds is 36. The Labute approximate surface area is 379 Å². The second-order valence-corrected chi connectivity index (χ2v) is 20.5. The van der Waals surface area contributed by atoms with Gasteiger partial charge in [-0.05, 0) is 44.4 Å². The van der Waals surface area contributed by atoms with E-state index in [2.05, 4.69) is 118 Å². The van der Waals surface area contributed by atoms with Crippen LogP contribution in [0.3, 0.4) is 0 Å². The van der Waals surface area contributed by atoms with Crippen LogP contribution in [-0.2, 0) is 10.8 Å². The predicted molar refractivity (Wildman–Crippen MR) is 272 cm³/mol. The molecule has 2 aliphatic heterocycles. The second kappa shape index (κ2) is 29.7. The molecule has 2 heterocycles. The summed E-state index contributed by atoms with van der Waals surface area (Å²) in [4.78, 5) is 2.66. The monoisotopic (exact) mass is 834 g/mol. The molecule has 0 saturated heterocycles. The lowest BCUT2D eigenvalue weighted by atomic mass is 9.81. The number of fused-ring (bicyclic) bond motifs is 2. The van der Waals surface area contributed by atoms with Crippen LogP contribution < -0.4 is 4.90 Å². The maximum absolute atomic E-state index is 2.66. The van der Waals surface area contributed by atoms with Crippen LogP contribution in [0.25, 0.3) is 0 Å². The molecule has 0 aromatic heterocycles. The Bertz CT molecular complexity index is 1550. The molecule has 0 N–H and O–H groups in total. The van der Waals surface area contributed by atoms with E-state index in [-0.39, 0.29) is 10.8 Å². The first kappa shape index (κ1) is 51.0. The van der Waals surface area contributed by atoms with Crippen LogP contribution in [0.5, 0.6) is 0 Å². The van der Waals surface area contributed by atoms with Gasteiger partial charge in [0.1, 0.15) is 6.54 Å². The summed E-state index contributed by atoms with van der Waals surface area (Å²) in [5.41, 5.74) is 8.64. The van der Waals surface area contributed by atoms with Crippen molar-refractivity contribution in [3.8, 4) is 0 Å². The molecule has 2 aliphatic rings. The van der Waals surface area contributed by atoms with Gasteiger partial charge in [0.2, 0.25) is 5.69 Å². The first-order valence-electron chi connectivity index (χ1n) is 26.8. The summed E-state index contributed by atoms with van der Waals surface area (Å²) in [5, 5.41) is 0. The Hall–Kier alpha value is -2.61. The van der Waals surface area contributed by atoms with Crippen molar-refractivity contribution < 1.29 is 4.58 Å². The molecule has 0 radical (unpaired) electrons. The summed E-state index contributed by atoms with van der Waals surface area (Å²) in [6.07, 6.45) is 52.6. The van der Waals surface area contributed by atoms with E-state index >= 15 is 0 Å². The van der Waals surface area contributed by atoms with Crippen LogP contribution >= 0.6 is 0 Å². The molecule has 4 rings (SSSR count). The Kier molecular flexibility index (Phi) is 24.8. The first-order chi connectivity index (χ1) is 29.8. The molecule has 2 aromatic carbocycles. The fourth-order valence-electron chi connectivity index (χ4n) is 10.6. The average molecular weight is 834 g/mol. The number of allylic oxidation sites excluding steroid dienone is 4. The van der Waals surface area contributed by atoms with Crippen LogP contribution in [-0.4, -0.2) is 23.4 Å². The molecular formula is C59H97N2+. The van der Waals surface area contributed by atoms with E-state index in [1.165, 1.54) is 239 Å². The SMILES string of the molecule is CCCCCCCCCCCCCCCCCCCCCC[N+]1=C(/C=C/C=C2N(CCCCCCCCCCCCCC)c3ccccc3C2(C)C)C(C)(C)c2ccccc21. The quantitative estimate of drug-likeness (QED) is 0.0490.